The van der Waals surface area contributed by atoms with Gasteiger partial charge in [0.2, 0.25) is 0 Å². The molecule has 1 saturated heterocycles. The van der Waals surface area contributed by atoms with Gasteiger partial charge in [0.25, 0.3) is 0 Å². The normalized spacial score (nSPS) is 16.8. The van der Waals surface area contributed by atoms with Crippen molar-refractivity contribution in [3.8, 4) is 5.75 Å². The van der Waals surface area contributed by atoms with Crippen molar-refractivity contribution in [2.45, 2.75) is 13.3 Å². The van der Waals surface area contributed by atoms with Crippen LogP contribution in [0.1, 0.15) is 11.1 Å². The summed E-state index contributed by atoms with van der Waals surface area (Å²) in [5.74, 6) is 0.503. The zero-order chi connectivity index (χ0) is 13.0. The number of benzene rings is 1. The van der Waals surface area contributed by atoms with Crippen molar-refractivity contribution in [2.75, 3.05) is 39.8 Å². The largest absolute Gasteiger partial charge is 0.496 e. The van der Waals surface area contributed by atoms with Crippen LogP contribution in [-0.2, 0) is 6.42 Å². The number of hydrogen-bond acceptors (Lipinski definition) is 3. The van der Waals surface area contributed by atoms with E-state index < -0.39 is 0 Å². The zero-order valence-electron chi connectivity index (χ0n) is 11.1. The topological polar surface area (TPSA) is 24.5 Å². The van der Waals surface area contributed by atoms with E-state index in [9.17, 15) is 4.39 Å². The SMILES string of the molecule is COc1c(CCN2CCNCC2)ccc(F)c1C. The number of hydrogen-bond donors (Lipinski definition) is 1. The van der Waals surface area contributed by atoms with Crippen molar-refractivity contribution < 1.29 is 9.13 Å². The molecule has 2 rings (SSSR count). The molecule has 1 aliphatic heterocycles. The molecule has 0 aliphatic carbocycles. The van der Waals surface area contributed by atoms with Crippen LogP contribution in [0.25, 0.3) is 0 Å². The van der Waals surface area contributed by atoms with Gasteiger partial charge in [0, 0.05) is 38.3 Å². The third kappa shape index (κ3) is 3.00. The number of rotatable bonds is 4. The van der Waals surface area contributed by atoms with Gasteiger partial charge in [-0.25, -0.2) is 4.39 Å². The summed E-state index contributed by atoms with van der Waals surface area (Å²) in [7, 11) is 1.61. The fourth-order valence-corrected chi connectivity index (χ4v) is 2.42. The van der Waals surface area contributed by atoms with Crippen LogP contribution < -0.4 is 10.1 Å². The molecule has 1 fully saturated rings. The molecule has 0 atom stereocenters. The molecule has 0 spiro atoms. The molecule has 100 valence electrons. The van der Waals surface area contributed by atoms with Crippen molar-refractivity contribution in [1.29, 1.82) is 0 Å². The highest BCUT2D eigenvalue weighted by Gasteiger charge is 2.13. The van der Waals surface area contributed by atoms with E-state index in [-0.39, 0.29) is 5.82 Å². The third-order valence-corrected chi connectivity index (χ3v) is 3.53. The number of ether oxygens (including phenoxy) is 1. The molecule has 1 N–H and O–H groups in total. The van der Waals surface area contributed by atoms with Gasteiger partial charge in [0.05, 0.1) is 7.11 Å². The van der Waals surface area contributed by atoms with E-state index in [1.165, 1.54) is 6.07 Å². The highest BCUT2D eigenvalue weighted by Crippen LogP contribution is 2.26. The Kier molecular flexibility index (Phi) is 4.55. The molecule has 0 aromatic heterocycles. The average molecular weight is 252 g/mol. The van der Waals surface area contributed by atoms with Crippen molar-refractivity contribution in [2.24, 2.45) is 0 Å². The Balaban J connectivity index is 2.02. The van der Waals surface area contributed by atoms with Crippen molar-refractivity contribution >= 4 is 0 Å². The lowest BCUT2D eigenvalue weighted by Gasteiger charge is -2.27. The summed E-state index contributed by atoms with van der Waals surface area (Å²) in [5.41, 5.74) is 1.70. The molecule has 4 heteroatoms. The Morgan fingerprint density at radius 3 is 2.72 bits per heavy atom. The van der Waals surface area contributed by atoms with Gasteiger partial charge in [-0.1, -0.05) is 6.07 Å². The summed E-state index contributed by atoms with van der Waals surface area (Å²) < 4.78 is 18.8. The van der Waals surface area contributed by atoms with Crippen LogP contribution >= 0.6 is 0 Å². The highest BCUT2D eigenvalue weighted by atomic mass is 19.1. The minimum atomic E-state index is -0.197. The first kappa shape index (κ1) is 13.3. The Bertz CT molecular complexity index is 403. The van der Waals surface area contributed by atoms with E-state index >= 15 is 0 Å². The van der Waals surface area contributed by atoms with Crippen molar-refractivity contribution in [3.63, 3.8) is 0 Å². The minimum Gasteiger partial charge on any atom is -0.496 e. The molecule has 3 nitrogen and oxygen atoms in total. The standard InChI is InChI=1S/C14H21FN2O/c1-11-13(15)4-3-12(14(11)18-2)5-8-17-9-6-16-7-10-17/h3-4,16H,5-10H2,1-2H3. The number of methoxy groups -OCH3 is 1. The lowest BCUT2D eigenvalue weighted by atomic mass is 10.1. The van der Waals surface area contributed by atoms with Gasteiger partial charge in [0.1, 0.15) is 11.6 Å². The maximum absolute atomic E-state index is 13.4. The van der Waals surface area contributed by atoms with Gasteiger partial charge in [-0.3, -0.25) is 0 Å². The fraction of sp³-hybridized carbons (Fsp3) is 0.571. The number of piperazine rings is 1. The van der Waals surface area contributed by atoms with E-state index in [1.54, 1.807) is 14.0 Å². The van der Waals surface area contributed by atoms with E-state index in [2.05, 4.69) is 10.2 Å². The van der Waals surface area contributed by atoms with Gasteiger partial charge in [-0.05, 0) is 25.0 Å². The average Bonchev–Trinajstić information content (AvgIpc) is 2.41. The van der Waals surface area contributed by atoms with Gasteiger partial charge >= 0.3 is 0 Å². The second-order valence-electron chi connectivity index (χ2n) is 4.71. The van der Waals surface area contributed by atoms with Gasteiger partial charge in [0.15, 0.2) is 0 Å². The molecular weight excluding hydrogens is 231 g/mol. The second kappa shape index (κ2) is 6.16. The summed E-state index contributed by atoms with van der Waals surface area (Å²) >= 11 is 0. The number of halogens is 1. The van der Waals surface area contributed by atoms with Crippen LogP contribution in [0, 0.1) is 12.7 Å². The van der Waals surface area contributed by atoms with Gasteiger partial charge in [-0.15, -0.1) is 0 Å². The Morgan fingerprint density at radius 1 is 1.33 bits per heavy atom. The monoisotopic (exact) mass is 252 g/mol. The van der Waals surface area contributed by atoms with Crippen LogP contribution in [0.3, 0.4) is 0 Å². The lowest BCUT2D eigenvalue weighted by molar-refractivity contribution is 0.243. The van der Waals surface area contributed by atoms with Crippen LogP contribution in [0.2, 0.25) is 0 Å². The zero-order valence-corrected chi connectivity index (χ0v) is 11.1. The van der Waals surface area contributed by atoms with Crippen molar-refractivity contribution in [3.05, 3.63) is 29.1 Å². The Morgan fingerprint density at radius 2 is 2.06 bits per heavy atom. The van der Waals surface area contributed by atoms with Crippen LogP contribution in [0.4, 0.5) is 4.39 Å². The number of nitrogens with one attached hydrogen (secondary N) is 1. The first-order chi connectivity index (χ1) is 8.72. The van der Waals surface area contributed by atoms with Crippen LogP contribution in [0.15, 0.2) is 12.1 Å². The second-order valence-corrected chi connectivity index (χ2v) is 4.71. The molecule has 18 heavy (non-hydrogen) atoms. The maximum Gasteiger partial charge on any atom is 0.129 e. The molecule has 0 unspecified atom stereocenters. The first-order valence-electron chi connectivity index (χ1n) is 6.47. The summed E-state index contributed by atoms with van der Waals surface area (Å²) in [5, 5.41) is 3.34. The quantitative estimate of drug-likeness (QED) is 0.880. The molecule has 0 bridgehead atoms. The Labute approximate surface area is 108 Å². The van der Waals surface area contributed by atoms with Crippen LogP contribution in [0.5, 0.6) is 5.75 Å². The van der Waals surface area contributed by atoms with E-state index in [0.29, 0.717) is 11.3 Å². The molecule has 1 aliphatic rings. The maximum atomic E-state index is 13.4. The third-order valence-electron chi connectivity index (χ3n) is 3.53. The van der Waals surface area contributed by atoms with Crippen molar-refractivity contribution in [1.82, 2.24) is 10.2 Å². The van der Waals surface area contributed by atoms with E-state index in [1.807, 2.05) is 6.07 Å². The van der Waals surface area contributed by atoms with Crippen LogP contribution in [-0.4, -0.2) is 44.7 Å². The van der Waals surface area contributed by atoms with Gasteiger partial charge in [-0.2, -0.15) is 0 Å². The first-order valence-corrected chi connectivity index (χ1v) is 6.47. The fourth-order valence-electron chi connectivity index (χ4n) is 2.42. The predicted molar refractivity (Wildman–Crippen MR) is 70.7 cm³/mol. The molecule has 1 aromatic rings. The molecule has 0 radical (unpaired) electrons. The lowest BCUT2D eigenvalue weighted by Crippen LogP contribution is -2.44. The highest BCUT2D eigenvalue weighted by molar-refractivity contribution is 5.41. The van der Waals surface area contributed by atoms with E-state index in [0.717, 1.165) is 44.7 Å². The minimum absolute atomic E-state index is 0.197. The summed E-state index contributed by atoms with van der Waals surface area (Å²) in [6.45, 7) is 7.05. The molecule has 0 amide bonds. The summed E-state index contributed by atoms with van der Waals surface area (Å²) in [6.07, 6.45) is 0.907. The number of nitrogens with zero attached hydrogens (tertiary/aromatic N) is 1. The molecule has 1 heterocycles. The van der Waals surface area contributed by atoms with Gasteiger partial charge < -0.3 is 15.0 Å². The summed E-state index contributed by atoms with van der Waals surface area (Å²) in [4.78, 5) is 2.43. The molecule has 0 saturated carbocycles. The molecule has 1 aromatic carbocycles. The Hall–Kier alpha value is -1.13. The summed E-state index contributed by atoms with van der Waals surface area (Å²) in [6, 6.07) is 3.37. The smallest absolute Gasteiger partial charge is 0.129 e. The predicted octanol–water partition coefficient (Wildman–Crippen LogP) is 1.59. The molecular formula is C14H21FN2O. The van der Waals surface area contributed by atoms with E-state index in [4.69, 9.17) is 4.74 Å².